The Hall–Kier alpha value is -3.35. The molecule has 1 fully saturated rings. The second-order valence-electron chi connectivity index (χ2n) is 8.07. The molecular weight excluding hydrogens is 473 g/mol. The molecule has 34 heavy (non-hydrogen) atoms. The second kappa shape index (κ2) is 10.7. The summed E-state index contributed by atoms with van der Waals surface area (Å²) < 4.78 is 5.82. The number of nitrogens with zero attached hydrogens (tertiary/aromatic N) is 2. The van der Waals surface area contributed by atoms with Crippen LogP contribution in [-0.4, -0.2) is 24.6 Å². The summed E-state index contributed by atoms with van der Waals surface area (Å²) >= 11 is 12.1. The van der Waals surface area contributed by atoms with Gasteiger partial charge in [0, 0.05) is 34.3 Å². The van der Waals surface area contributed by atoms with Gasteiger partial charge in [0.2, 0.25) is 11.8 Å². The maximum absolute atomic E-state index is 12.5. The number of anilines is 1. The first-order valence-electron chi connectivity index (χ1n) is 10.8. The van der Waals surface area contributed by atoms with E-state index in [0.717, 1.165) is 22.4 Å². The van der Waals surface area contributed by atoms with Gasteiger partial charge in [-0.1, -0.05) is 59.1 Å². The van der Waals surface area contributed by atoms with E-state index in [9.17, 15) is 9.59 Å². The summed E-state index contributed by atoms with van der Waals surface area (Å²) in [6, 6.07) is 20.2. The molecule has 0 aliphatic carbocycles. The highest BCUT2D eigenvalue weighted by Crippen LogP contribution is 2.26. The van der Waals surface area contributed by atoms with E-state index in [-0.39, 0.29) is 18.2 Å². The number of amides is 2. The van der Waals surface area contributed by atoms with Crippen LogP contribution in [0.15, 0.2) is 71.8 Å². The van der Waals surface area contributed by atoms with Gasteiger partial charge in [-0.2, -0.15) is 5.10 Å². The topological polar surface area (TPSA) is 71.0 Å². The Bertz CT molecular complexity index is 1230. The molecule has 0 spiro atoms. The highest BCUT2D eigenvalue weighted by atomic mass is 35.5. The summed E-state index contributed by atoms with van der Waals surface area (Å²) in [5, 5.41) is 5.17. The number of benzene rings is 3. The fraction of sp³-hybridized carbons (Fsp3) is 0.192. The van der Waals surface area contributed by atoms with Crippen LogP contribution in [0.4, 0.5) is 5.69 Å². The first kappa shape index (κ1) is 23.8. The lowest BCUT2D eigenvalue weighted by molar-refractivity contribution is -0.126. The van der Waals surface area contributed by atoms with E-state index >= 15 is 0 Å². The number of hydrogen-bond acceptors (Lipinski definition) is 4. The molecule has 1 aliphatic heterocycles. The molecule has 1 aliphatic rings. The Morgan fingerprint density at radius 2 is 1.94 bits per heavy atom. The van der Waals surface area contributed by atoms with Crippen molar-refractivity contribution < 1.29 is 14.3 Å². The van der Waals surface area contributed by atoms with E-state index in [1.165, 1.54) is 6.21 Å². The number of halogens is 2. The van der Waals surface area contributed by atoms with E-state index in [2.05, 4.69) is 10.5 Å². The molecule has 2 amide bonds. The van der Waals surface area contributed by atoms with Gasteiger partial charge in [-0.25, -0.2) is 5.43 Å². The van der Waals surface area contributed by atoms with Crippen LogP contribution in [0.5, 0.6) is 5.75 Å². The number of hydrazone groups is 1. The van der Waals surface area contributed by atoms with Crippen molar-refractivity contribution in [1.29, 1.82) is 0 Å². The molecule has 0 radical (unpaired) electrons. The minimum Gasteiger partial charge on any atom is -0.489 e. The van der Waals surface area contributed by atoms with Crippen LogP contribution in [-0.2, 0) is 16.2 Å². The van der Waals surface area contributed by atoms with Gasteiger partial charge in [-0.3, -0.25) is 9.59 Å². The SMILES string of the molecule is Cc1ccc(N2C[C@@H](C(=O)N/N=C/c3cccc(OCc4ccc(Cl)cc4Cl)c3)CC2=O)cc1. The third-order valence-corrected chi connectivity index (χ3v) is 6.08. The van der Waals surface area contributed by atoms with Crippen LogP contribution in [0.25, 0.3) is 0 Å². The number of rotatable bonds is 7. The lowest BCUT2D eigenvalue weighted by Crippen LogP contribution is -2.30. The van der Waals surface area contributed by atoms with Crippen LogP contribution < -0.4 is 15.1 Å². The standard InChI is InChI=1S/C26H23Cl2N3O3/c1-17-5-9-22(10-6-17)31-15-20(12-25(31)32)26(33)30-29-14-18-3-2-4-23(11-18)34-16-19-7-8-21(27)13-24(19)28/h2-11,13-14,20H,12,15-16H2,1H3,(H,30,33)/b29-14+/t20-/m0/s1. The molecule has 8 heteroatoms. The smallest absolute Gasteiger partial charge is 0.245 e. The van der Waals surface area contributed by atoms with E-state index in [1.54, 1.807) is 23.1 Å². The minimum atomic E-state index is -0.454. The van der Waals surface area contributed by atoms with Crippen molar-refractivity contribution in [2.24, 2.45) is 11.0 Å². The number of nitrogens with one attached hydrogen (secondary N) is 1. The average molecular weight is 496 g/mol. The van der Waals surface area contributed by atoms with Crippen LogP contribution in [0, 0.1) is 12.8 Å². The van der Waals surface area contributed by atoms with Gasteiger partial charge >= 0.3 is 0 Å². The van der Waals surface area contributed by atoms with E-state index < -0.39 is 5.92 Å². The third kappa shape index (κ3) is 5.95. The van der Waals surface area contributed by atoms with Gasteiger partial charge in [-0.05, 0) is 48.9 Å². The fourth-order valence-electron chi connectivity index (χ4n) is 3.60. The first-order valence-corrected chi connectivity index (χ1v) is 11.5. The summed E-state index contributed by atoms with van der Waals surface area (Å²) in [6.45, 7) is 2.61. The Morgan fingerprint density at radius 3 is 2.71 bits per heavy atom. The van der Waals surface area contributed by atoms with Crippen molar-refractivity contribution in [2.45, 2.75) is 20.0 Å². The molecule has 1 N–H and O–H groups in total. The third-order valence-electron chi connectivity index (χ3n) is 5.50. The van der Waals surface area contributed by atoms with Crippen molar-refractivity contribution in [3.8, 4) is 5.75 Å². The van der Waals surface area contributed by atoms with Gasteiger partial charge in [0.1, 0.15) is 12.4 Å². The number of carbonyl (C=O) groups is 2. The number of aryl methyl sites for hydroxylation is 1. The van der Waals surface area contributed by atoms with Crippen molar-refractivity contribution in [2.75, 3.05) is 11.4 Å². The number of ether oxygens (including phenoxy) is 1. The van der Waals surface area contributed by atoms with Crippen molar-refractivity contribution in [3.63, 3.8) is 0 Å². The minimum absolute atomic E-state index is 0.0707. The molecule has 6 nitrogen and oxygen atoms in total. The molecule has 0 unspecified atom stereocenters. The Kier molecular flexibility index (Phi) is 7.50. The average Bonchev–Trinajstić information content (AvgIpc) is 3.21. The maximum Gasteiger partial charge on any atom is 0.245 e. The highest BCUT2D eigenvalue weighted by molar-refractivity contribution is 6.35. The summed E-state index contributed by atoms with van der Waals surface area (Å²) in [5.41, 5.74) is 6.03. The van der Waals surface area contributed by atoms with Gasteiger partial charge in [0.15, 0.2) is 0 Å². The van der Waals surface area contributed by atoms with Gasteiger partial charge in [0.05, 0.1) is 12.1 Å². The normalized spacial score (nSPS) is 15.7. The second-order valence-corrected chi connectivity index (χ2v) is 8.92. The van der Waals surface area contributed by atoms with Crippen molar-refractivity contribution in [3.05, 3.63) is 93.5 Å². The molecule has 3 aromatic rings. The Morgan fingerprint density at radius 1 is 1.15 bits per heavy atom. The van der Waals surface area contributed by atoms with Crippen molar-refractivity contribution in [1.82, 2.24) is 5.43 Å². The molecule has 1 heterocycles. The quantitative estimate of drug-likeness (QED) is 0.353. The first-order chi connectivity index (χ1) is 16.4. The molecule has 0 saturated carbocycles. The van der Waals surface area contributed by atoms with Crippen LogP contribution in [0.2, 0.25) is 10.0 Å². The van der Waals surface area contributed by atoms with Crippen LogP contribution in [0.1, 0.15) is 23.1 Å². The molecular formula is C26H23Cl2N3O3. The molecule has 3 aromatic carbocycles. The van der Waals surface area contributed by atoms with Crippen LogP contribution >= 0.6 is 23.2 Å². The summed E-state index contributed by atoms with van der Waals surface area (Å²) in [7, 11) is 0. The van der Waals surface area contributed by atoms with Gasteiger partial charge in [-0.15, -0.1) is 0 Å². The zero-order chi connectivity index (χ0) is 24.1. The molecule has 4 rings (SSSR count). The maximum atomic E-state index is 12.5. The summed E-state index contributed by atoms with van der Waals surface area (Å²) in [4.78, 5) is 26.6. The number of carbonyl (C=O) groups excluding carboxylic acids is 2. The van der Waals surface area contributed by atoms with Gasteiger partial charge in [0.25, 0.3) is 0 Å². The molecule has 0 aromatic heterocycles. The van der Waals surface area contributed by atoms with E-state index in [4.69, 9.17) is 27.9 Å². The summed E-state index contributed by atoms with van der Waals surface area (Å²) in [6.07, 6.45) is 1.69. The lowest BCUT2D eigenvalue weighted by atomic mass is 10.1. The molecule has 1 atom stereocenters. The Labute approximate surface area is 208 Å². The van der Waals surface area contributed by atoms with E-state index in [1.807, 2.05) is 55.5 Å². The lowest BCUT2D eigenvalue weighted by Gasteiger charge is -2.16. The molecule has 0 bridgehead atoms. The molecule has 1 saturated heterocycles. The predicted molar refractivity (Wildman–Crippen MR) is 135 cm³/mol. The zero-order valence-corrected chi connectivity index (χ0v) is 20.0. The fourth-order valence-corrected chi connectivity index (χ4v) is 4.07. The van der Waals surface area contributed by atoms with Crippen molar-refractivity contribution >= 4 is 46.9 Å². The Balaban J connectivity index is 1.31. The summed E-state index contributed by atoms with van der Waals surface area (Å²) in [5.74, 6) is -0.177. The highest BCUT2D eigenvalue weighted by Gasteiger charge is 2.35. The zero-order valence-electron chi connectivity index (χ0n) is 18.5. The van der Waals surface area contributed by atoms with Crippen LogP contribution in [0.3, 0.4) is 0 Å². The molecule has 174 valence electrons. The largest absolute Gasteiger partial charge is 0.489 e. The predicted octanol–water partition coefficient (Wildman–Crippen LogP) is 5.38. The van der Waals surface area contributed by atoms with E-state index in [0.29, 0.717) is 28.9 Å². The van der Waals surface area contributed by atoms with Gasteiger partial charge < -0.3 is 9.64 Å². The monoisotopic (exact) mass is 495 g/mol. The number of hydrogen-bond donors (Lipinski definition) is 1.